The lowest BCUT2D eigenvalue weighted by Gasteiger charge is -2.24. The van der Waals surface area contributed by atoms with Crippen LogP contribution >= 0.6 is 15.9 Å². The summed E-state index contributed by atoms with van der Waals surface area (Å²) in [5.41, 5.74) is 5.68. The molecule has 0 saturated heterocycles. The number of anilines is 1. The largest absolute Gasteiger partial charge is 0.396 e. The predicted octanol–water partition coefficient (Wildman–Crippen LogP) is 2.96. The molecule has 0 heterocycles. The summed E-state index contributed by atoms with van der Waals surface area (Å²) in [4.78, 5) is 12.1. The van der Waals surface area contributed by atoms with Crippen molar-refractivity contribution in [2.75, 3.05) is 26.0 Å². The lowest BCUT2D eigenvalue weighted by molar-refractivity contribution is 0.0920. The molecule has 4 nitrogen and oxygen atoms in total. The molecule has 112 valence electrons. The highest BCUT2D eigenvalue weighted by atomic mass is 79.9. The minimum atomic E-state index is -0.547. The molecule has 0 fully saturated rings. The smallest absolute Gasteiger partial charge is 0.252 e. The van der Waals surface area contributed by atoms with Gasteiger partial charge in [-0.05, 0) is 39.9 Å². The van der Waals surface area contributed by atoms with E-state index in [1.54, 1.807) is 7.11 Å². The van der Waals surface area contributed by atoms with Crippen LogP contribution in [-0.2, 0) is 4.74 Å². The van der Waals surface area contributed by atoms with Crippen LogP contribution in [0.5, 0.6) is 0 Å². The fourth-order valence-corrected chi connectivity index (χ4v) is 2.12. The van der Waals surface area contributed by atoms with Crippen molar-refractivity contribution in [2.45, 2.75) is 20.3 Å². The molecule has 0 unspecified atom stereocenters. The molecule has 3 N–H and O–H groups in total. The van der Waals surface area contributed by atoms with E-state index in [2.05, 4.69) is 21.2 Å². The van der Waals surface area contributed by atoms with Crippen LogP contribution in [-0.4, -0.2) is 26.2 Å². The Hall–Kier alpha value is -1.14. The topological polar surface area (TPSA) is 64.3 Å². The predicted molar refractivity (Wildman–Crippen MR) is 81.1 cm³/mol. The molecule has 0 saturated carbocycles. The van der Waals surface area contributed by atoms with Crippen LogP contribution in [0.25, 0.3) is 0 Å². The quantitative estimate of drug-likeness (QED) is 0.778. The Labute approximate surface area is 127 Å². The molecule has 1 aromatic rings. The van der Waals surface area contributed by atoms with E-state index in [0.29, 0.717) is 23.2 Å². The van der Waals surface area contributed by atoms with E-state index >= 15 is 0 Å². The highest BCUT2D eigenvalue weighted by Crippen LogP contribution is 2.24. The highest BCUT2D eigenvalue weighted by molar-refractivity contribution is 9.10. The third-order valence-corrected chi connectivity index (χ3v) is 3.70. The molecule has 0 aromatic heterocycles. The zero-order valence-electron chi connectivity index (χ0n) is 11.9. The number of carbonyl (C=O) groups excluding carboxylic acids is 1. The van der Waals surface area contributed by atoms with E-state index < -0.39 is 5.82 Å². The van der Waals surface area contributed by atoms with Gasteiger partial charge in [-0.3, -0.25) is 4.79 Å². The summed E-state index contributed by atoms with van der Waals surface area (Å²) in [6, 6.07) is 2.53. The number of hydrogen-bond acceptors (Lipinski definition) is 3. The number of amides is 1. The molecule has 0 aliphatic heterocycles. The van der Waals surface area contributed by atoms with E-state index in [4.69, 9.17) is 10.5 Å². The summed E-state index contributed by atoms with van der Waals surface area (Å²) < 4.78 is 18.7. The van der Waals surface area contributed by atoms with Gasteiger partial charge in [0.15, 0.2) is 0 Å². The molecule has 0 spiro atoms. The number of benzene rings is 1. The number of halogens is 2. The Balaban J connectivity index is 2.70. The van der Waals surface area contributed by atoms with Gasteiger partial charge < -0.3 is 15.8 Å². The first-order valence-electron chi connectivity index (χ1n) is 6.28. The van der Waals surface area contributed by atoms with Gasteiger partial charge in [-0.25, -0.2) is 4.39 Å². The van der Waals surface area contributed by atoms with Crippen LogP contribution in [0.1, 0.15) is 30.6 Å². The number of methoxy groups -OCH3 is 1. The summed E-state index contributed by atoms with van der Waals surface area (Å²) in [6.45, 7) is 5.22. The number of nitrogen functional groups attached to an aromatic ring is 1. The Kier molecular flexibility index (Phi) is 5.95. The fourth-order valence-electron chi connectivity index (χ4n) is 1.62. The third-order valence-electron chi connectivity index (χ3n) is 3.04. The van der Waals surface area contributed by atoms with Crippen molar-refractivity contribution in [3.8, 4) is 0 Å². The van der Waals surface area contributed by atoms with Crippen LogP contribution < -0.4 is 11.1 Å². The number of rotatable bonds is 6. The molecule has 6 heteroatoms. The van der Waals surface area contributed by atoms with Gasteiger partial charge in [-0.15, -0.1) is 0 Å². The van der Waals surface area contributed by atoms with Crippen molar-refractivity contribution >= 4 is 27.5 Å². The summed E-state index contributed by atoms with van der Waals surface area (Å²) in [7, 11) is 1.65. The summed E-state index contributed by atoms with van der Waals surface area (Å²) in [6.07, 6.45) is 0.830. The van der Waals surface area contributed by atoms with E-state index in [1.807, 2.05) is 13.8 Å². The van der Waals surface area contributed by atoms with Crippen molar-refractivity contribution in [2.24, 2.45) is 5.41 Å². The first-order chi connectivity index (χ1) is 9.26. The molecule has 1 rings (SSSR count). The van der Waals surface area contributed by atoms with Crippen LogP contribution in [0.3, 0.4) is 0 Å². The van der Waals surface area contributed by atoms with Gasteiger partial charge in [-0.1, -0.05) is 13.8 Å². The molecule has 0 aliphatic carbocycles. The number of ether oxygens (including phenoxy) is 1. The average Bonchev–Trinajstić information content (AvgIpc) is 2.38. The first kappa shape index (κ1) is 16.9. The van der Waals surface area contributed by atoms with Gasteiger partial charge in [0, 0.05) is 24.7 Å². The van der Waals surface area contributed by atoms with Gasteiger partial charge in [0.05, 0.1) is 11.3 Å². The Morgan fingerprint density at radius 1 is 1.50 bits per heavy atom. The van der Waals surface area contributed by atoms with Crippen molar-refractivity contribution in [3.63, 3.8) is 0 Å². The van der Waals surface area contributed by atoms with Gasteiger partial charge in [0.2, 0.25) is 0 Å². The minimum Gasteiger partial charge on any atom is -0.396 e. The number of carbonyl (C=O) groups is 1. The molecular weight excluding hydrogens is 327 g/mol. The maximum atomic E-state index is 13.2. The molecular formula is C14H20BrFN2O2. The maximum absolute atomic E-state index is 13.2. The molecule has 1 amide bonds. The molecule has 0 radical (unpaired) electrons. The standard InChI is InChI=1S/C14H20BrFN2O2/c1-14(2,4-5-20-3)8-18-13(19)9-6-12(17)11(16)7-10(9)15/h6-7H,4-5,8,17H2,1-3H3,(H,18,19). The van der Waals surface area contributed by atoms with E-state index in [1.165, 1.54) is 12.1 Å². The molecule has 1 aromatic carbocycles. The van der Waals surface area contributed by atoms with Gasteiger partial charge in [0.1, 0.15) is 5.82 Å². The average molecular weight is 347 g/mol. The van der Waals surface area contributed by atoms with Crippen LogP contribution in [0, 0.1) is 11.2 Å². The lowest BCUT2D eigenvalue weighted by Crippen LogP contribution is -2.34. The Morgan fingerprint density at radius 3 is 2.75 bits per heavy atom. The first-order valence-corrected chi connectivity index (χ1v) is 7.08. The Bertz CT molecular complexity index is 492. The number of nitrogens with two attached hydrogens (primary N) is 1. The van der Waals surface area contributed by atoms with E-state index in [0.717, 1.165) is 6.42 Å². The summed E-state index contributed by atoms with van der Waals surface area (Å²) >= 11 is 3.17. The lowest BCUT2D eigenvalue weighted by atomic mass is 9.89. The normalized spacial score (nSPS) is 11.4. The highest BCUT2D eigenvalue weighted by Gasteiger charge is 2.20. The van der Waals surface area contributed by atoms with E-state index in [-0.39, 0.29) is 17.0 Å². The van der Waals surface area contributed by atoms with E-state index in [9.17, 15) is 9.18 Å². The molecule has 0 bridgehead atoms. The summed E-state index contributed by atoms with van der Waals surface area (Å²) in [5, 5.41) is 2.83. The van der Waals surface area contributed by atoms with Crippen LogP contribution in [0.4, 0.5) is 10.1 Å². The third kappa shape index (κ3) is 4.76. The zero-order valence-corrected chi connectivity index (χ0v) is 13.5. The maximum Gasteiger partial charge on any atom is 0.252 e. The monoisotopic (exact) mass is 346 g/mol. The second-order valence-corrected chi connectivity index (χ2v) is 6.30. The molecule has 0 atom stereocenters. The molecule has 20 heavy (non-hydrogen) atoms. The summed E-state index contributed by atoms with van der Waals surface area (Å²) in [5.74, 6) is -0.831. The number of nitrogens with one attached hydrogen (secondary N) is 1. The van der Waals surface area contributed by atoms with Crippen molar-refractivity contribution in [3.05, 3.63) is 28.0 Å². The Morgan fingerprint density at radius 2 is 2.15 bits per heavy atom. The zero-order chi connectivity index (χ0) is 15.3. The van der Waals surface area contributed by atoms with Gasteiger partial charge in [-0.2, -0.15) is 0 Å². The molecule has 0 aliphatic rings. The SMILES string of the molecule is COCCC(C)(C)CNC(=O)c1cc(N)c(F)cc1Br. The van der Waals surface area contributed by atoms with Gasteiger partial charge >= 0.3 is 0 Å². The minimum absolute atomic E-state index is 0.0445. The van der Waals surface area contributed by atoms with Crippen LogP contribution in [0.15, 0.2) is 16.6 Å². The van der Waals surface area contributed by atoms with Crippen molar-refractivity contribution in [1.29, 1.82) is 0 Å². The van der Waals surface area contributed by atoms with Crippen LogP contribution in [0.2, 0.25) is 0 Å². The van der Waals surface area contributed by atoms with Gasteiger partial charge in [0.25, 0.3) is 5.91 Å². The van der Waals surface area contributed by atoms with Crippen molar-refractivity contribution in [1.82, 2.24) is 5.32 Å². The second kappa shape index (κ2) is 7.04. The second-order valence-electron chi connectivity index (χ2n) is 5.44. The number of hydrogen-bond donors (Lipinski definition) is 2. The fraction of sp³-hybridized carbons (Fsp3) is 0.500. The van der Waals surface area contributed by atoms with Crippen molar-refractivity contribution < 1.29 is 13.9 Å².